The molecule has 0 amide bonds. The molecule has 2 aromatic carbocycles. The predicted molar refractivity (Wildman–Crippen MR) is 77.7 cm³/mol. The van der Waals surface area contributed by atoms with Crippen LogP contribution in [0.4, 0.5) is 11.4 Å². The summed E-state index contributed by atoms with van der Waals surface area (Å²) in [5, 5.41) is 3.32. The molecule has 0 unspecified atom stereocenters. The van der Waals surface area contributed by atoms with E-state index in [1.807, 2.05) is 42.5 Å². The van der Waals surface area contributed by atoms with E-state index in [1.54, 1.807) is 14.2 Å². The number of nitrogen functional groups attached to an aromatic ring is 1. The molecule has 2 rings (SSSR count). The summed E-state index contributed by atoms with van der Waals surface area (Å²) in [6, 6.07) is 13.6. The maximum atomic E-state index is 5.77. The molecule has 3 N–H and O–H groups in total. The molecule has 2 aromatic rings. The van der Waals surface area contributed by atoms with Crippen LogP contribution in [0.1, 0.15) is 5.56 Å². The maximum absolute atomic E-state index is 5.77. The second kappa shape index (κ2) is 6.00. The topological polar surface area (TPSA) is 56.5 Å². The first kappa shape index (κ1) is 13.1. The van der Waals surface area contributed by atoms with E-state index in [9.17, 15) is 0 Å². The molecular weight excluding hydrogens is 240 g/mol. The molecule has 0 radical (unpaired) electrons. The van der Waals surface area contributed by atoms with E-state index in [-0.39, 0.29) is 0 Å². The van der Waals surface area contributed by atoms with Gasteiger partial charge in [0.15, 0.2) is 0 Å². The fraction of sp³-hybridized carbons (Fsp3) is 0.200. The Morgan fingerprint density at radius 3 is 2.37 bits per heavy atom. The van der Waals surface area contributed by atoms with Gasteiger partial charge in [0.2, 0.25) is 0 Å². The van der Waals surface area contributed by atoms with Gasteiger partial charge < -0.3 is 20.5 Å². The Morgan fingerprint density at radius 1 is 1.00 bits per heavy atom. The second-order valence-corrected chi connectivity index (χ2v) is 4.16. The molecule has 0 fully saturated rings. The van der Waals surface area contributed by atoms with Crippen molar-refractivity contribution in [2.45, 2.75) is 6.54 Å². The number of anilines is 2. The molecular formula is C15H18N2O2. The molecule has 0 atom stereocenters. The van der Waals surface area contributed by atoms with Gasteiger partial charge in [-0.05, 0) is 29.8 Å². The van der Waals surface area contributed by atoms with E-state index in [1.165, 1.54) is 5.56 Å². The van der Waals surface area contributed by atoms with Gasteiger partial charge in [-0.3, -0.25) is 0 Å². The highest BCUT2D eigenvalue weighted by Crippen LogP contribution is 2.25. The number of nitrogens with two attached hydrogens (primary N) is 1. The number of hydrogen-bond acceptors (Lipinski definition) is 4. The zero-order chi connectivity index (χ0) is 13.7. The van der Waals surface area contributed by atoms with Crippen molar-refractivity contribution in [1.29, 1.82) is 0 Å². The average Bonchev–Trinajstić information content (AvgIpc) is 2.47. The van der Waals surface area contributed by atoms with Crippen LogP contribution >= 0.6 is 0 Å². The summed E-state index contributed by atoms with van der Waals surface area (Å²) in [6.07, 6.45) is 0. The largest absolute Gasteiger partial charge is 0.497 e. The molecule has 0 saturated carbocycles. The standard InChI is InChI=1S/C15H18N2O2/c1-18-13-6-3-11(4-7-13)10-17-12-5-8-14(16)15(9-12)19-2/h3-9,17H,10,16H2,1-2H3. The summed E-state index contributed by atoms with van der Waals surface area (Å²) < 4.78 is 10.3. The van der Waals surface area contributed by atoms with Crippen molar-refractivity contribution in [3.05, 3.63) is 48.0 Å². The third-order valence-electron chi connectivity index (χ3n) is 2.89. The zero-order valence-electron chi connectivity index (χ0n) is 11.1. The van der Waals surface area contributed by atoms with Gasteiger partial charge in [-0.1, -0.05) is 12.1 Å². The summed E-state index contributed by atoms with van der Waals surface area (Å²) in [5.41, 5.74) is 8.56. The summed E-state index contributed by atoms with van der Waals surface area (Å²) >= 11 is 0. The van der Waals surface area contributed by atoms with Crippen molar-refractivity contribution in [3.63, 3.8) is 0 Å². The first-order valence-electron chi connectivity index (χ1n) is 6.03. The fourth-order valence-corrected chi connectivity index (χ4v) is 1.77. The molecule has 0 saturated heterocycles. The fourth-order valence-electron chi connectivity index (χ4n) is 1.77. The highest BCUT2D eigenvalue weighted by atomic mass is 16.5. The van der Waals surface area contributed by atoms with Gasteiger partial charge >= 0.3 is 0 Å². The third-order valence-corrected chi connectivity index (χ3v) is 2.89. The van der Waals surface area contributed by atoms with Gasteiger partial charge in [0.1, 0.15) is 11.5 Å². The summed E-state index contributed by atoms with van der Waals surface area (Å²) in [5.74, 6) is 1.54. The van der Waals surface area contributed by atoms with Crippen LogP contribution in [0.3, 0.4) is 0 Å². The van der Waals surface area contributed by atoms with E-state index in [2.05, 4.69) is 5.32 Å². The van der Waals surface area contributed by atoms with Crippen molar-refractivity contribution in [2.75, 3.05) is 25.3 Å². The number of benzene rings is 2. The van der Waals surface area contributed by atoms with Crippen LogP contribution in [-0.2, 0) is 6.54 Å². The molecule has 0 heterocycles. The molecule has 0 spiro atoms. The predicted octanol–water partition coefficient (Wildman–Crippen LogP) is 2.90. The Labute approximate surface area is 113 Å². The summed E-state index contributed by atoms with van der Waals surface area (Å²) in [7, 11) is 3.27. The van der Waals surface area contributed by atoms with Crippen LogP contribution in [0, 0.1) is 0 Å². The van der Waals surface area contributed by atoms with E-state index in [4.69, 9.17) is 15.2 Å². The lowest BCUT2D eigenvalue weighted by molar-refractivity contribution is 0.414. The molecule has 4 nitrogen and oxygen atoms in total. The Morgan fingerprint density at radius 2 is 1.74 bits per heavy atom. The van der Waals surface area contributed by atoms with Crippen LogP contribution in [0.15, 0.2) is 42.5 Å². The Bertz CT molecular complexity index is 538. The van der Waals surface area contributed by atoms with E-state index in [0.29, 0.717) is 11.4 Å². The van der Waals surface area contributed by atoms with Crippen molar-refractivity contribution >= 4 is 11.4 Å². The minimum absolute atomic E-state index is 0.637. The smallest absolute Gasteiger partial charge is 0.143 e. The van der Waals surface area contributed by atoms with E-state index >= 15 is 0 Å². The molecule has 0 aliphatic carbocycles. The lowest BCUT2D eigenvalue weighted by Gasteiger charge is -2.10. The van der Waals surface area contributed by atoms with Crippen LogP contribution in [0.2, 0.25) is 0 Å². The number of ether oxygens (including phenoxy) is 2. The molecule has 0 aliphatic heterocycles. The molecule has 0 aromatic heterocycles. The highest BCUT2D eigenvalue weighted by Gasteiger charge is 2.01. The molecule has 4 heteroatoms. The van der Waals surface area contributed by atoms with Crippen molar-refractivity contribution in [3.8, 4) is 11.5 Å². The lowest BCUT2D eigenvalue weighted by atomic mass is 10.2. The van der Waals surface area contributed by atoms with E-state index in [0.717, 1.165) is 18.0 Å². The molecule has 0 bridgehead atoms. The monoisotopic (exact) mass is 258 g/mol. The van der Waals surface area contributed by atoms with Crippen molar-refractivity contribution in [2.24, 2.45) is 0 Å². The lowest BCUT2D eigenvalue weighted by Crippen LogP contribution is -2.00. The van der Waals surface area contributed by atoms with Gasteiger partial charge in [-0.25, -0.2) is 0 Å². The Kier molecular flexibility index (Phi) is 4.13. The summed E-state index contributed by atoms with van der Waals surface area (Å²) in [4.78, 5) is 0. The first-order chi connectivity index (χ1) is 9.22. The number of hydrogen-bond donors (Lipinski definition) is 2. The van der Waals surface area contributed by atoms with Crippen LogP contribution < -0.4 is 20.5 Å². The van der Waals surface area contributed by atoms with Gasteiger partial charge in [0.05, 0.1) is 19.9 Å². The third kappa shape index (κ3) is 3.31. The Balaban J connectivity index is 2.01. The minimum atomic E-state index is 0.637. The number of rotatable bonds is 5. The van der Waals surface area contributed by atoms with Gasteiger partial charge in [-0.15, -0.1) is 0 Å². The van der Waals surface area contributed by atoms with Crippen LogP contribution in [0.25, 0.3) is 0 Å². The molecule has 19 heavy (non-hydrogen) atoms. The van der Waals surface area contributed by atoms with Gasteiger partial charge in [0, 0.05) is 18.3 Å². The normalized spacial score (nSPS) is 10.0. The number of nitrogens with one attached hydrogen (secondary N) is 1. The Hall–Kier alpha value is -2.36. The van der Waals surface area contributed by atoms with Crippen molar-refractivity contribution in [1.82, 2.24) is 0 Å². The minimum Gasteiger partial charge on any atom is -0.497 e. The van der Waals surface area contributed by atoms with Crippen LogP contribution in [0.5, 0.6) is 11.5 Å². The molecule has 0 aliphatic rings. The number of methoxy groups -OCH3 is 2. The SMILES string of the molecule is COc1ccc(CNc2ccc(N)c(OC)c2)cc1. The van der Waals surface area contributed by atoms with Crippen molar-refractivity contribution < 1.29 is 9.47 Å². The van der Waals surface area contributed by atoms with Gasteiger partial charge in [0.25, 0.3) is 0 Å². The quantitative estimate of drug-likeness (QED) is 0.810. The second-order valence-electron chi connectivity index (χ2n) is 4.16. The van der Waals surface area contributed by atoms with Gasteiger partial charge in [-0.2, -0.15) is 0 Å². The maximum Gasteiger partial charge on any atom is 0.143 e. The van der Waals surface area contributed by atoms with Crippen LogP contribution in [-0.4, -0.2) is 14.2 Å². The zero-order valence-corrected chi connectivity index (χ0v) is 11.1. The van der Waals surface area contributed by atoms with E-state index < -0.39 is 0 Å². The first-order valence-corrected chi connectivity index (χ1v) is 6.03. The highest BCUT2D eigenvalue weighted by molar-refractivity contribution is 5.61. The molecule has 100 valence electrons. The average molecular weight is 258 g/mol. The summed E-state index contributed by atoms with van der Waals surface area (Å²) in [6.45, 7) is 0.733.